The molecule has 9 nitrogen and oxygen atoms in total. The van der Waals surface area contributed by atoms with E-state index in [9.17, 15) is 9.59 Å². The van der Waals surface area contributed by atoms with Gasteiger partial charge in [0.05, 0.1) is 36.9 Å². The van der Waals surface area contributed by atoms with Crippen molar-refractivity contribution in [3.8, 4) is 17.2 Å². The monoisotopic (exact) mass is 565 g/mol. The maximum Gasteiger partial charge on any atom is 0.335 e. The minimum Gasteiger partial charge on any atom is -0.493 e. The summed E-state index contributed by atoms with van der Waals surface area (Å²) in [7, 11) is 3.02. The van der Waals surface area contributed by atoms with E-state index in [0.29, 0.717) is 46.0 Å². The van der Waals surface area contributed by atoms with Crippen LogP contribution >= 0.6 is 15.9 Å². The Balaban J connectivity index is 1.65. The second-order valence-electron chi connectivity index (χ2n) is 7.95. The second kappa shape index (κ2) is 11.3. The number of rotatable bonds is 9. The Morgan fingerprint density at radius 1 is 1.08 bits per heavy atom. The number of hydrogen-bond donors (Lipinski definition) is 1. The molecule has 0 aliphatic heterocycles. The van der Waals surface area contributed by atoms with E-state index >= 15 is 0 Å². The van der Waals surface area contributed by atoms with Crippen LogP contribution in [0.1, 0.15) is 34.2 Å². The van der Waals surface area contributed by atoms with Gasteiger partial charge in [-0.25, -0.2) is 9.78 Å². The van der Waals surface area contributed by atoms with Gasteiger partial charge in [-0.15, -0.1) is 0 Å². The lowest BCUT2D eigenvalue weighted by Crippen LogP contribution is -2.22. The summed E-state index contributed by atoms with van der Waals surface area (Å²) in [6, 6.07) is 15.2. The zero-order chi connectivity index (χ0) is 26.5. The molecule has 37 heavy (non-hydrogen) atoms. The van der Waals surface area contributed by atoms with Crippen molar-refractivity contribution in [1.82, 2.24) is 9.66 Å². The third-order valence-electron chi connectivity index (χ3n) is 5.58. The topological polar surface area (TPSA) is 112 Å². The van der Waals surface area contributed by atoms with E-state index in [2.05, 4.69) is 26.0 Å². The fourth-order valence-electron chi connectivity index (χ4n) is 3.68. The van der Waals surface area contributed by atoms with Crippen molar-refractivity contribution >= 4 is 39.0 Å². The number of aryl methyl sites for hydroxylation is 1. The Morgan fingerprint density at radius 3 is 2.35 bits per heavy atom. The number of carboxylic acid groups (broad SMARTS) is 1. The van der Waals surface area contributed by atoms with Crippen LogP contribution in [0.3, 0.4) is 0 Å². The highest BCUT2D eigenvalue weighted by molar-refractivity contribution is 9.10. The molecule has 0 aliphatic carbocycles. The molecule has 1 aromatic heterocycles. The standard InChI is InChI=1S/C27H24BrN3O6/c1-4-24-30-21-10-9-19(28)13-20(21)26(32)31(24)29-14-17-11-22(35-2)25(23(12-17)36-3)37-15-16-5-7-18(8-6-16)27(33)34/h5-14H,4,15H2,1-3H3,(H,33,34). The summed E-state index contributed by atoms with van der Waals surface area (Å²) in [5.41, 5.74) is 1.94. The molecule has 0 bridgehead atoms. The lowest BCUT2D eigenvalue weighted by Gasteiger charge is -2.15. The predicted molar refractivity (Wildman–Crippen MR) is 143 cm³/mol. The number of carbonyl (C=O) groups is 1. The van der Waals surface area contributed by atoms with E-state index in [1.165, 1.54) is 37.2 Å². The number of halogens is 1. The van der Waals surface area contributed by atoms with E-state index in [1.54, 1.807) is 36.4 Å². The van der Waals surface area contributed by atoms with Crippen molar-refractivity contribution in [2.24, 2.45) is 5.10 Å². The van der Waals surface area contributed by atoms with Gasteiger partial charge >= 0.3 is 5.97 Å². The van der Waals surface area contributed by atoms with E-state index in [4.69, 9.17) is 19.3 Å². The van der Waals surface area contributed by atoms with Gasteiger partial charge in [-0.1, -0.05) is 35.0 Å². The Bertz CT molecular complexity index is 1520. The van der Waals surface area contributed by atoms with Crippen molar-refractivity contribution in [1.29, 1.82) is 0 Å². The highest BCUT2D eigenvalue weighted by Gasteiger charge is 2.15. The third-order valence-corrected chi connectivity index (χ3v) is 6.07. The lowest BCUT2D eigenvalue weighted by molar-refractivity contribution is 0.0697. The molecular weight excluding hydrogens is 542 g/mol. The average molecular weight is 566 g/mol. The molecule has 4 rings (SSSR count). The van der Waals surface area contributed by atoms with Gasteiger partial charge in [0.25, 0.3) is 5.56 Å². The molecule has 0 aliphatic rings. The van der Waals surface area contributed by atoms with Crippen LogP contribution in [0.5, 0.6) is 17.2 Å². The van der Waals surface area contributed by atoms with Crippen LogP contribution in [0.15, 0.2) is 69.0 Å². The Kier molecular flexibility index (Phi) is 7.88. The Labute approximate surface area is 221 Å². The van der Waals surface area contributed by atoms with Crippen molar-refractivity contribution in [2.45, 2.75) is 20.0 Å². The number of methoxy groups -OCH3 is 2. The molecule has 0 atom stereocenters. The molecular formula is C27H24BrN3O6. The third kappa shape index (κ3) is 5.64. The molecule has 0 saturated heterocycles. The number of benzene rings is 3. The number of hydrogen-bond acceptors (Lipinski definition) is 7. The van der Waals surface area contributed by atoms with Gasteiger partial charge in [0.15, 0.2) is 11.5 Å². The molecule has 190 valence electrons. The van der Waals surface area contributed by atoms with Crippen LogP contribution in [0.2, 0.25) is 0 Å². The van der Waals surface area contributed by atoms with Crippen molar-refractivity contribution in [3.05, 3.63) is 91.9 Å². The highest BCUT2D eigenvalue weighted by atomic mass is 79.9. The molecule has 0 radical (unpaired) electrons. The molecule has 1 N–H and O–H groups in total. The summed E-state index contributed by atoms with van der Waals surface area (Å²) in [4.78, 5) is 28.8. The quantitative estimate of drug-likeness (QED) is 0.287. The number of ether oxygens (including phenoxy) is 3. The number of aromatic nitrogens is 2. The van der Waals surface area contributed by atoms with Crippen molar-refractivity contribution in [2.75, 3.05) is 14.2 Å². The minimum atomic E-state index is -0.992. The first kappa shape index (κ1) is 25.9. The second-order valence-corrected chi connectivity index (χ2v) is 8.87. The number of nitrogens with zero attached hydrogens (tertiary/aromatic N) is 3. The SMILES string of the molecule is CCc1nc2ccc(Br)cc2c(=O)n1N=Cc1cc(OC)c(OCc2ccc(C(=O)O)cc2)c(OC)c1. The summed E-state index contributed by atoms with van der Waals surface area (Å²) in [6.07, 6.45) is 2.05. The van der Waals surface area contributed by atoms with Crippen molar-refractivity contribution < 1.29 is 24.1 Å². The minimum absolute atomic E-state index is 0.174. The molecule has 0 unspecified atom stereocenters. The Morgan fingerprint density at radius 2 is 1.76 bits per heavy atom. The van der Waals surface area contributed by atoms with Gasteiger partial charge in [-0.05, 0) is 48.0 Å². The summed E-state index contributed by atoms with van der Waals surface area (Å²) >= 11 is 3.40. The first-order valence-corrected chi connectivity index (χ1v) is 12.1. The zero-order valence-corrected chi connectivity index (χ0v) is 22.0. The summed E-state index contributed by atoms with van der Waals surface area (Å²) < 4.78 is 19.1. The normalized spacial score (nSPS) is 11.1. The lowest BCUT2D eigenvalue weighted by atomic mass is 10.1. The van der Waals surface area contributed by atoms with Crippen LogP contribution < -0.4 is 19.8 Å². The Hall–Kier alpha value is -4.18. The number of fused-ring (bicyclic) bond motifs is 1. The summed E-state index contributed by atoms with van der Waals surface area (Å²) in [6.45, 7) is 2.08. The van der Waals surface area contributed by atoms with Gasteiger partial charge in [0.2, 0.25) is 5.75 Å². The zero-order valence-electron chi connectivity index (χ0n) is 20.4. The van der Waals surface area contributed by atoms with Gasteiger partial charge in [0.1, 0.15) is 12.4 Å². The summed E-state index contributed by atoms with van der Waals surface area (Å²) in [5, 5.41) is 13.9. The maximum absolute atomic E-state index is 13.1. The maximum atomic E-state index is 13.1. The molecule has 0 amide bonds. The molecule has 3 aromatic carbocycles. The van der Waals surface area contributed by atoms with E-state index in [-0.39, 0.29) is 17.7 Å². The number of aromatic carboxylic acids is 1. The molecule has 1 heterocycles. The first-order chi connectivity index (χ1) is 17.8. The smallest absolute Gasteiger partial charge is 0.335 e. The molecule has 4 aromatic rings. The van der Waals surface area contributed by atoms with Crippen LogP contribution in [0.25, 0.3) is 10.9 Å². The fourth-order valence-corrected chi connectivity index (χ4v) is 4.04. The van der Waals surface area contributed by atoms with Crippen molar-refractivity contribution in [3.63, 3.8) is 0 Å². The molecule has 0 fully saturated rings. The van der Waals surface area contributed by atoms with Gasteiger partial charge in [0, 0.05) is 16.5 Å². The number of carboxylic acids is 1. The highest BCUT2D eigenvalue weighted by Crippen LogP contribution is 2.38. The molecule has 0 saturated carbocycles. The molecule has 10 heteroatoms. The average Bonchev–Trinajstić information content (AvgIpc) is 2.91. The van der Waals surface area contributed by atoms with Gasteiger partial charge < -0.3 is 19.3 Å². The largest absolute Gasteiger partial charge is 0.493 e. The van der Waals surface area contributed by atoms with Gasteiger partial charge in [-0.2, -0.15) is 9.78 Å². The van der Waals surface area contributed by atoms with Gasteiger partial charge in [-0.3, -0.25) is 4.79 Å². The van der Waals surface area contributed by atoms with Crippen LogP contribution in [0.4, 0.5) is 0 Å². The predicted octanol–water partition coefficient (Wildman–Crippen LogP) is 4.90. The molecule has 0 spiro atoms. The fraction of sp³-hybridized carbons (Fsp3) is 0.185. The van der Waals surface area contributed by atoms with E-state index in [1.807, 2.05) is 13.0 Å². The van der Waals surface area contributed by atoms with E-state index in [0.717, 1.165) is 10.0 Å². The summed E-state index contributed by atoms with van der Waals surface area (Å²) in [5.74, 6) is 0.740. The van der Waals surface area contributed by atoms with E-state index < -0.39 is 5.97 Å². The van der Waals surface area contributed by atoms with Crippen LogP contribution in [-0.4, -0.2) is 41.2 Å². The van der Waals surface area contributed by atoms with Crippen LogP contribution in [-0.2, 0) is 13.0 Å². The first-order valence-electron chi connectivity index (χ1n) is 11.3. The van der Waals surface area contributed by atoms with Crippen LogP contribution in [0, 0.1) is 0 Å².